The molecule has 11 heteroatoms. The van der Waals surface area contributed by atoms with E-state index in [0.29, 0.717) is 22.5 Å². The Kier molecular flexibility index (Phi) is 5.09. The Labute approximate surface area is 166 Å². The van der Waals surface area contributed by atoms with Crippen molar-refractivity contribution in [3.63, 3.8) is 0 Å². The minimum Gasteiger partial charge on any atom is -0.442 e. The summed E-state index contributed by atoms with van der Waals surface area (Å²) in [6.45, 7) is 0.245. The van der Waals surface area contributed by atoms with Gasteiger partial charge in [0.1, 0.15) is 17.6 Å². The second kappa shape index (κ2) is 7.56. The maximum Gasteiger partial charge on any atom is 0.414 e. The first-order valence-electron chi connectivity index (χ1n) is 9.02. The molecule has 1 fully saturated rings. The van der Waals surface area contributed by atoms with Gasteiger partial charge in [-0.1, -0.05) is 11.3 Å². The number of aliphatic hydroxyl groups excluding tert-OH is 1. The number of anilines is 1. The second-order valence-electron chi connectivity index (χ2n) is 6.96. The first-order chi connectivity index (χ1) is 13.8. The summed E-state index contributed by atoms with van der Waals surface area (Å²) in [4.78, 5) is 13.6. The number of aromatic nitrogens is 3. The van der Waals surface area contributed by atoms with Crippen molar-refractivity contribution in [3.05, 3.63) is 47.5 Å². The molecule has 4 rings (SSSR count). The van der Waals surface area contributed by atoms with E-state index in [1.807, 2.05) is 0 Å². The number of aliphatic hydroxyl groups is 1. The van der Waals surface area contributed by atoms with Crippen molar-refractivity contribution in [2.75, 3.05) is 23.0 Å². The molecule has 0 aliphatic carbocycles. The maximum atomic E-state index is 14.7. The summed E-state index contributed by atoms with van der Waals surface area (Å²) in [5.74, 6) is -0.613. The van der Waals surface area contributed by atoms with Crippen LogP contribution in [0.3, 0.4) is 0 Å². The number of sulfone groups is 1. The van der Waals surface area contributed by atoms with Crippen LogP contribution in [0, 0.1) is 5.82 Å². The van der Waals surface area contributed by atoms with Crippen molar-refractivity contribution in [2.45, 2.75) is 25.7 Å². The summed E-state index contributed by atoms with van der Waals surface area (Å²) in [5.41, 5.74) is 1.76. The van der Waals surface area contributed by atoms with Gasteiger partial charge in [-0.3, -0.25) is 4.90 Å². The van der Waals surface area contributed by atoms with Gasteiger partial charge in [-0.15, -0.1) is 5.10 Å². The summed E-state index contributed by atoms with van der Waals surface area (Å²) in [7, 11) is -3.09. The number of nitrogens with zero attached hydrogens (tertiary/aromatic N) is 4. The van der Waals surface area contributed by atoms with E-state index in [9.17, 15) is 17.6 Å². The van der Waals surface area contributed by atoms with Gasteiger partial charge in [0.25, 0.3) is 0 Å². The van der Waals surface area contributed by atoms with Crippen LogP contribution >= 0.6 is 0 Å². The highest BCUT2D eigenvalue weighted by Crippen LogP contribution is 2.30. The van der Waals surface area contributed by atoms with Crippen LogP contribution in [0.25, 0.3) is 5.57 Å². The lowest BCUT2D eigenvalue weighted by molar-refractivity contribution is 0.129. The van der Waals surface area contributed by atoms with Crippen molar-refractivity contribution >= 4 is 27.2 Å². The molecule has 1 aromatic carbocycles. The van der Waals surface area contributed by atoms with E-state index in [4.69, 9.17) is 9.84 Å². The molecule has 2 aromatic rings. The van der Waals surface area contributed by atoms with Crippen LogP contribution in [0.1, 0.15) is 17.7 Å². The number of rotatable bonds is 5. The summed E-state index contributed by atoms with van der Waals surface area (Å²) in [6, 6.07) is 4.42. The molecule has 0 saturated carbocycles. The molecule has 2 aliphatic rings. The third kappa shape index (κ3) is 4.15. The van der Waals surface area contributed by atoms with Crippen LogP contribution in [0.15, 0.2) is 30.5 Å². The summed E-state index contributed by atoms with van der Waals surface area (Å²) < 4.78 is 44.5. The number of halogens is 1. The molecule has 0 unspecified atom stereocenters. The van der Waals surface area contributed by atoms with Gasteiger partial charge in [-0.2, -0.15) is 0 Å². The zero-order chi connectivity index (χ0) is 20.6. The minimum atomic E-state index is -3.09. The molecule has 29 heavy (non-hydrogen) atoms. The predicted molar refractivity (Wildman–Crippen MR) is 101 cm³/mol. The lowest BCUT2D eigenvalue weighted by Crippen LogP contribution is -2.26. The summed E-state index contributed by atoms with van der Waals surface area (Å²) in [5, 5.41) is 16.6. The van der Waals surface area contributed by atoms with E-state index in [2.05, 4.69) is 10.3 Å². The highest BCUT2D eigenvalue weighted by Gasteiger charge is 2.33. The molecule has 0 radical (unpaired) electrons. The van der Waals surface area contributed by atoms with Crippen LogP contribution in [0.4, 0.5) is 14.9 Å². The average Bonchev–Trinajstić information content (AvgIpc) is 3.28. The SMILES string of the molecule is O=C1O[C@@H](Cn2cc(CO)nn2)CN1c1ccc(C2=CCS(=O)(=O)CC2)c(F)c1. The summed E-state index contributed by atoms with van der Waals surface area (Å²) >= 11 is 0. The fourth-order valence-electron chi connectivity index (χ4n) is 3.39. The molecule has 0 bridgehead atoms. The van der Waals surface area contributed by atoms with Gasteiger partial charge >= 0.3 is 6.09 Å². The molecule has 3 heterocycles. The Morgan fingerprint density at radius 3 is 2.83 bits per heavy atom. The maximum absolute atomic E-state index is 14.7. The van der Waals surface area contributed by atoms with Crippen LogP contribution < -0.4 is 4.90 Å². The van der Waals surface area contributed by atoms with E-state index in [0.717, 1.165) is 0 Å². The average molecular weight is 422 g/mol. The van der Waals surface area contributed by atoms with Gasteiger partial charge in [0.2, 0.25) is 0 Å². The first-order valence-corrected chi connectivity index (χ1v) is 10.8. The zero-order valence-electron chi connectivity index (χ0n) is 15.4. The van der Waals surface area contributed by atoms with E-state index in [1.165, 1.54) is 21.7 Å². The van der Waals surface area contributed by atoms with E-state index in [-0.39, 0.29) is 37.6 Å². The van der Waals surface area contributed by atoms with E-state index in [1.54, 1.807) is 18.3 Å². The van der Waals surface area contributed by atoms with Gasteiger partial charge in [0.15, 0.2) is 9.84 Å². The summed E-state index contributed by atoms with van der Waals surface area (Å²) in [6.07, 6.45) is 2.27. The van der Waals surface area contributed by atoms with E-state index < -0.39 is 27.9 Å². The van der Waals surface area contributed by atoms with Crippen molar-refractivity contribution < 1.29 is 27.4 Å². The van der Waals surface area contributed by atoms with Gasteiger partial charge in [-0.25, -0.2) is 22.3 Å². The van der Waals surface area contributed by atoms with Gasteiger partial charge in [0.05, 0.1) is 43.1 Å². The van der Waals surface area contributed by atoms with Crippen molar-refractivity contribution in [1.82, 2.24) is 15.0 Å². The van der Waals surface area contributed by atoms with Crippen molar-refractivity contribution in [1.29, 1.82) is 0 Å². The van der Waals surface area contributed by atoms with Crippen LogP contribution in [-0.2, 0) is 27.7 Å². The number of ether oxygens (including phenoxy) is 1. The molecule has 1 atom stereocenters. The Morgan fingerprint density at radius 1 is 1.34 bits per heavy atom. The number of carbonyl (C=O) groups is 1. The number of carbonyl (C=O) groups excluding carboxylic acids is 1. The van der Waals surface area contributed by atoms with Crippen LogP contribution in [-0.4, -0.2) is 58.8 Å². The lowest BCUT2D eigenvalue weighted by atomic mass is 10.0. The van der Waals surface area contributed by atoms with Crippen molar-refractivity contribution in [3.8, 4) is 0 Å². The van der Waals surface area contributed by atoms with Crippen LogP contribution in [0.2, 0.25) is 0 Å². The molecular weight excluding hydrogens is 403 g/mol. The Hall–Kier alpha value is -2.79. The second-order valence-corrected chi connectivity index (χ2v) is 9.19. The number of benzene rings is 1. The molecule has 9 nitrogen and oxygen atoms in total. The third-order valence-electron chi connectivity index (χ3n) is 4.89. The fourth-order valence-corrected chi connectivity index (χ4v) is 4.54. The molecule has 0 spiro atoms. The number of allylic oxidation sites excluding steroid dienone is 1. The molecule has 154 valence electrons. The van der Waals surface area contributed by atoms with Gasteiger partial charge in [-0.05, 0) is 30.2 Å². The normalized spacial score (nSPS) is 21.2. The Bertz CT molecular complexity index is 1080. The standard InChI is InChI=1S/C18H19FN4O5S/c19-17-7-14(1-2-16(17)12-3-5-29(26,27)6-4-12)23-10-15(28-18(23)25)9-22-8-13(11-24)20-21-22/h1-3,7-8,15,24H,4-6,9-11H2/t15-/m0/s1. The molecule has 1 amide bonds. The molecule has 1 aromatic heterocycles. The smallest absolute Gasteiger partial charge is 0.414 e. The van der Waals surface area contributed by atoms with Gasteiger partial charge in [0, 0.05) is 5.56 Å². The third-order valence-corrected chi connectivity index (χ3v) is 6.39. The number of cyclic esters (lactones) is 1. The Morgan fingerprint density at radius 2 is 2.17 bits per heavy atom. The molecule has 1 saturated heterocycles. The Balaban J connectivity index is 1.48. The van der Waals surface area contributed by atoms with Crippen molar-refractivity contribution in [2.24, 2.45) is 0 Å². The molecular formula is C18H19FN4O5S. The first kappa shape index (κ1) is 19.5. The largest absolute Gasteiger partial charge is 0.442 e. The molecule has 2 aliphatic heterocycles. The van der Waals surface area contributed by atoms with E-state index >= 15 is 0 Å². The highest BCUT2D eigenvalue weighted by atomic mass is 32.2. The number of amides is 1. The predicted octanol–water partition coefficient (Wildman–Crippen LogP) is 1.14. The monoisotopic (exact) mass is 422 g/mol. The quantitative estimate of drug-likeness (QED) is 0.768. The number of hydrogen-bond acceptors (Lipinski definition) is 7. The van der Waals surface area contributed by atoms with Crippen LogP contribution in [0.5, 0.6) is 0 Å². The molecule has 1 N–H and O–H groups in total. The fraction of sp³-hybridized carbons (Fsp3) is 0.389. The zero-order valence-corrected chi connectivity index (χ0v) is 16.2. The number of hydrogen-bond donors (Lipinski definition) is 1. The highest BCUT2D eigenvalue weighted by molar-refractivity contribution is 7.91. The topological polar surface area (TPSA) is 115 Å². The minimum absolute atomic E-state index is 0.000433. The van der Waals surface area contributed by atoms with Gasteiger partial charge < -0.3 is 9.84 Å². The lowest BCUT2D eigenvalue weighted by Gasteiger charge is -2.17.